The highest BCUT2D eigenvalue weighted by Crippen LogP contribution is 2.44. The van der Waals surface area contributed by atoms with Crippen LogP contribution >= 0.6 is 15.9 Å². The summed E-state index contributed by atoms with van der Waals surface area (Å²) in [6, 6.07) is 6.73. The smallest absolute Gasteiger partial charge is 0.0825 e. The molecular formula is C13H15BrO. The third-order valence-electron chi connectivity index (χ3n) is 3.34. The normalized spacial score (nSPS) is 25.8. The van der Waals surface area contributed by atoms with Gasteiger partial charge in [0.25, 0.3) is 0 Å². The van der Waals surface area contributed by atoms with E-state index in [1.807, 2.05) is 0 Å². The second kappa shape index (κ2) is 3.91. The van der Waals surface area contributed by atoms with Crippen LogP contribution in [0.15, 0.2) is 22.7 Å². The summed E-state index contributed by atoms with van der Waals surface area (Å²) in [6.45, 7) is 0.930. The molecule has 0 spiro atoms. The van der Waals surface area contributed by atoms with Crippen molar-refractivity contribution in [3.63, 3.8) is 0 Å². The van der Waals surface area contributed by atoms with Gasteiger partial charge in [-0.25, -0.2) is 0 Å². The van der Waals surface area contributed by atoms with Crippen LogP contribution in [0.1, 0.15) is 48.8 Å². The topological polar surface area (TPSA) is 9.23 Å². The van der Waals surface area contributed by atoms with Gasteiger partial charge in [0.2, 0.25) is 0 Å². The molecule has 0 aromatic heterocycles. The van der Waals surface area contributed by atoms with E-state index in [0.717, 1.165) is 12.5 Å². The van der Waals surface area contributed by atoms with Crippen LogP contribution in [0.3, 0.4) is 0 Å². The number of hydrogen-bond donors (Lipinski definition) is 0. The maximum absolute atomic E-state index is 5.72. The molecule has 2 aliphatic rings. The van der Waals surface area contributed by atoms with Crippen molar-refractivity contribution < 1.29 is 4.74 Å². The molecule has 15 heavy (non-hydrogen) atoms. The maximum Gasteiger partial charge on any atom is 0.0825 e. The SMILES string of the molecule is Brc1ccc(C2CCCO2)cc1C1CC1. The van der Waals surface area contributed by atoms with Crippen molar-refractivity contribution in [1.29, 1.82) is 0 Å². The van der Waals surface area contributed by atoms with Gasteiger partial charge in [-0.1, -0.05) is 28.1 Å². The van der Waals surface area contributed by atoms with Gasteiger partial charge in [0.05, 0.1) is 6.10 Å². The first-order valence-electron chi connectivity index (χ1n) is 5.75. The van der Waals surface area contributed by atoms with E-state index in [2.05, 4.69) is 34.1 Å². The average Bonchev–Trinajstić information content (AvgIpc) is 2.94. The van der Waals surface area contributed by atoms with Crippen molar-refractivity contribution in [2.45, 2.75) is 37.7 Å². The molecule has 2 fully saturated rings. The van der Waals surface area contributed by atoms with Crippen LogP contribution < -0.4 is 0 Å². The Labute approximate surface area is 99.0 Å². The summed E-state index contributed by atoms with van der Waals surface area (Å²) >= 11 is 3.64. The van der Waals surface area contributed by atoms with E-state index in [1.54, 1.807) is 0 Å². The van der Waals surface area contributed by atoms with E-state index < -0.39 is 0 Å². The summed E-state index contributed by atoms with van der Waals surface area (Å²) < 4.78 is 6.99. The van der Waals surface area contributed by atoms with E-state index in [0.29, 0.717) is 6.10 Å². The molecule has 0 bridgehead atoms. The molecule has 1 saturated heterocycles. The lowest BCUT2D eigenvalue weighted by Crippen LogP contribution is -1.97. The van der Waals surface area contributed by atoms with Crippen LogP contribution in [-0.4, -0.2) is 6.61 Å². The lowest BCUT2D eigenvalue weighted by molar-refractivity contribution is 0.112. The Morgan fingerprint density at radius 1 is 1.20 bits per heavy atom. The van der Waals surface area contributed by atoms with Crippen LogP contribution in [0.4, 0.5) is 0 Å². The highest BCUT2D eigenvalue weighted by Gasteiger charge is 2.27. The third-order valence-corrected chi connectivity index (χ3v) is 4.06. The Bertz CT molecular complexity index is 365. The molecule has 1 aliphatic heterocycles. The molecule has 1 aromatic rings. The van der Waals surface area contributed by atoms with Crippen molar-refractivity contribution in [3.05, 3.63) is 33.8 Å². The molecule has 1 atom stereocenters. The molecule has 1 aromatic carbocycles. The molecule has 0 N–H and O–H groups in total. The van der Waals surface area contributed by atoms with Crippen molar-refractivity contribution in [2.24, 2.45) is 0 Å². The standard InChI is InChI=1S/C13H15BrO/c14-12-6-5-10(13-2-1-7-15-13)8-11(12)9-3-4-9/h5-6,8-9,13H,1-4,7H2. The molecule has 1 aliphatic carbocycles. The quantitative estimate of drug-likeness (QED) is 0.781. The zero-order chi connectivity index (χ0) is 10.3. The Morgan fingerprint density at radius 3 is 2.73 bits per heavy atom. The molecule has 1 nitrogen and oxygen atoms in total. The molecule has 1 unspecified atom stereocenters. The lowest BCUT2D eigenvalue weighted by atomic mass is 10.0. The molecular weight excluding hydrogens is 252 g/mol. The molecule has 80 valence electrons. The van der Waals surface area contributed by atoms with Gasteiger partial charge in [-0.2, -0.15) is 0 Å². The van der Waals surface area contributed by atoms with Crippen molar-refractivity contribution in [1.82, 2.24) is 0 Å². The predicted molar refractivity (Wildman–Crippen MR) is 64.0 cm³/mol. The van der Waals surface area contributed by atoms with E-state index in [4.69, 9.17) is 4.74 Å². The summed E-state index contributed by atoms with van der Waals surface area (Å²) in [5.74, 6) is 0.806. The monoisotopic (exact) mass is 266 g/mol. The first-order valence-corrected chi connectivity index (χ1v) is 6.55. The zero-order valence-corrected chi connectivity index (χ0v) is 10.3. The second-order valence-corrected chi connectivity index (χ2v) is 5.41. The van der Waals surface area contributed by atoms with Crippen LogP contribution in [0.5, 0.6) is 0 Å². The van der Waals surface area contributed by atoms with Crippen molar-refractivity contribution in [3.8, 4) is 0 Å². The third kappa shape index (κ3) is 1.98. The highest BCUT2D eigenvalue weighted by atomic mass is 79.9. The lowest BCUT2D eigenvalue weighted by Gasteiger charge is -2.12. The van der Waals surface area contributed by atoms with E-state index >= 15 is 0 Å². The highest BCUT2D eigenvalue weighted by molar-refractivity contribution is 9.10. The van der Waals surface area contributed by atoms with E-state index in [-0.39, 0.29) is 0 Å². The summed E-state index contributed by atoms with van der Waals surface area (Å²) in [4.78, 5) is 0. The van der Waals surface area contributed by atoms with Gasteiger partial charge in [0, 0.05) is 11.1 Å². The van der Waals surface area contributed by atoms with E-state index in [1.165, 1.54) is 41.3 Å². The fourth-order valence-corrected chi connectivity index (χ4v) is 2.88. The molecule has 0 radical (unpaired) electrons. The summed E-state index contributed by atoms with van der Waals surface area (Å²) in [5, 5.41) is 0. The Balaban J connectivity index is 1.91. The summed E-state index contributed by atoms with van der Waals surface area (Å²) in [6.07, 6.45) is 5.46. The number of rotatable bonds is 2. The minimum atomic E-state index is 0.357. The second-order valence-electron chi connectivity index (χ2n) is 4.56. The fourth-order valence-electron chi connectivity index (χ4n) is 2.31. The van der Waals surface area contributed by atoms with Gasteiger partial charge >= 0.3 is 0 Å². The Morgan fingerprint density at radius 2 is 2.07 bits per heavy atom. The first-order chi connectivity index (χ1) is 7.34. The van der Waals surface area contributed by atoms with Crippen LogP contribution in [0.2, 0.25) is 0 Å². The number of halogens is 1. The van der Waals surface area contributed by atoms with Gasteiger partial charge in [0.15, 0.2) is 0 Å². The summed E-state index contributed by atoms with van der Waals surface area (Å²) in [7, 11) is 0. The van der Waals surface area contributed by atoms with Gasteiger partial charge in [-0.15, -0.1) is 0 Å². The van der Waals surface area contributed by atoms with Crippen LogP contribution in [-0.2, 0) is 4.74 Å². The van der Waals surface area contributed by atoms with Gasteiger partial charge in [0.1, 0.15) is 0 Å². The fraction of sp³-hybridized carbons (Fsp3) is 0.538. The predicted octanol–water partition coefficient (Wildman–Crippen LogP) is 4.18. The first kappa shape index (κ1) is 9.86. The van der Waals surface area contributed by atoms with Gasteiger partial charge in [-0.3, -0.25) is 0 Å². The van der Waals surface area contributed by atoms with Crippen molar-refractivity contribution >= 4 is 15.9 Å². The number of hydrogen-bond acceptors (Lipinski definition) is 1. The molecule has 0 amide bonds. The number of benzene rings is 1. The van der Waals surface area contributed by atoms with Crippen LogP contribution in [0.25, 0.3) is 0 Å². The van der Waals surface area contributed by atoms with Gasteiger partial charge < -0.3 is 4.74 Å². The Kier molecular flexibility index (Phi) is 2.57. The number of ether oxygens (including phenoxy) is 1. The molecule has 2 heteroatoms. The molecule has 1 heterocycles. The Hall–Kier alpha value is -0.340. The minimum Gasteiger partial charge on any atom is -0.374 e. The summed E-state index contributed by atoms with van der Waals surface area (Å²) in [5.41, 5.74) is 2.86. The largest absolute Gasteiger partial charge is 0.374 e. The average molecular weight is 267 g/mol. The zero-order valence-electron chi connectivity index (χ0n) is 8.71. The van der Waals surface area contributed by atoms with Crippen LogP contribution in [0, 0.1) is 0 Å². The molecule has 1 saturated carbocycles. The van der Waals surface area contributed by atoms with Crippen molar-refractivity contribution in [2.75, 3.05) is 6.61 Å². The minimum absolute atomic E-state index is 0.357. The van der Waals surface area contributed by atoms with Gasteiger partial charge in [-0.05, 0) is 48.8 Å². The van der Waals surface area contributed by atoms with E-state index in [9.17, 15) is 0 Å². The maximum atomic E-state index is 5.72. The molecule has 3 rings (SSSR count).